The molecule has 0 unspecified atom stereocenters. The summed E-state index contributed by atoms with van der Waals surface area (Å²) < 4.78 is 11.2. The zero-order chi connectivity index (χ0) is 23.5. The van der Waals surface area contributed by atoms with Gasteiger partial charge in [0, 0.05) is 39.9 Å². The third-order valence-electron chi connectivity index (χ3n) is 5.73. The van der Waals surface area contributed by atoms with Crippen molar-refractivity contribution >= 4 is 39.4 Å². The second kappa shape index (κ2) is 9.45. The first-order valence-corrected chi connectivity index (χ1v) is 11.2. The first-order valence-electron chi connectivity index (χ1n) is 10.9. The summed E-state index contributed by atoms with van der Waals surface area (Å²) in [5.74, 6) is 1.04. The van der Waals surface area contributed by atoms with Crippen LogP contribution in [0.4, 0.5) is 4.79 Å². The van der Waals surface area contributed by atoms with Crippen LogP contribution in [0.15, 0.2) is 79.1 Å². The number of nitrogens with one attached hydrogen (secondary N) is 1. The number of carbonyl (C=O) groups is 1. The first kappa shape index (κ1) is 21.8. The van der Waals surface area contributed by atoms with Gasteiger partial charge in [0.2, 0.25) is 5.88 Å². The van der Waals surface area contributed by atoms with Crippen LogP contribution in [-0.4, -0.2) is 27.8 Å². The molecule has 5 rings (SSSR count). The molecule has 0 amide bonds. The van der Waals surface area contributed by atoms with Crippen LogP contribution in [0, 0.1) is 0 Å². The van der Waals surface area contributed by atoms with Crippen molar-refractivity contribution in [3.8, 4) is 22.8 Å². The maximum atomic E-state index is 11.3. The number of rotatable bonds is 7. The van der Waals surface area contributed by atoms with Crippen LogP contribution in [-0.2, 0) is 6.42 Å². The molecule has 3 aromatic carbocycles. The lowest BCUT2D eigenvalue weighted by atomic mass is 10.0. The molecular formula is C27H21ClN2O4. The van der Waals surface area contributed by atoms with Crippen molar-refractivity contribution in [2.75, 3.05) is 6.61 Å². The Hall–Kier alpha value is -4.03. The van der Waals surface area contributed by atoms with E-state index >= 15 is 0 Å². The van der Waals surface area contributed by atoms with Crippen molar-refractivity contribution < 1.29 is 19.4 Å². The van der Waals surface area contributed by atoms with Gasteiger partial charge in [0.1, 0.15) is 5.75 Å². The molecule has 0 aliphatic heterocycles. The number of halogens is 1. The van der Waals surface area contributed by atoms with E-state index in [2.05, 4.69) is 22.1 Å². The molecule has 6 nitrogen and oxygen atoms in total. The monoisotopic (exact) mass is 472 g/mol. The fourth-order valence-electron chi connectivity index (χ4n) is 4.24. The summed E-state index contributed by atoms with van der Waals surface area (Å²) in [5.41, 5.74) is 3.19. The number of H-pyrrole nitrogens is 1. The Bertz CT molecular complexity index is 1490. The van der Waals surface area contributed by atoms with Crippen LogP contribution in [0.3, 0.4) is 0 Å². The van der Waals surface area contributed by atoms with Gasteiger partial charge in [-0.2, -0.15) is 0 Å². The lowest BCUT2D eigenvalue weighted by Gasteiger charge is -2.10. The van der Waals surface area contributed by atoms with Crippen LogP contribution in [0.1, 0.15) is 12.0 Å². The fraction of sp³-hybridized carbons (Fsp3) is 0.111. The SMILES string of the molecule is O=C(O)Oc1[nH]c2c(-c3ccncc3Cl)cccc2c1CCCOc1cccc2ccccc12. The molecule has 0 saturated heterocycles. The van der Waals surface area contributed by atoms with Crippen LogP contribution in [0.5, 0.6) is 11.6 Å². The minimum absolute atomic E-state index is 0.213. The van der Waals surface area contributed by atoms with Crippen molar-refractivity contribution in [2.45, 2.75) is 12.8 Å². The van der Waals surface area contributed by atoms with Crippen molar-refractivity contribution in [1.29, 1.82) is 0 Å². The minimum atomic E-state index is -1.37. The maximum Gasteiger partial charge on any atom is 0.512 e. The summed E-state index contributed by atoms with van der Waals surface area (Å²) in [7, 11) is 0. The average molecular weight is 473 g/mol. The van der Waals surface area contributed by atoms with Gasteiger partial charge in [0.15, 0.2) is 0 Å². The smallest absolute Gasteiger partial charge is 0.493 e. The van der Waals surface area contributed by atoms with Crippen LogP contribution >= 0.6 is 11.6 Å². The summed E-state index contributed by atoms with van der Waals surface area (Å²) >= 11 is 6.37. The van der Waals surface area contributed by atoms with Gasteiger partial charge in [-0.25, -0.2) is 4.79 Å². The number of fused-ring (bicyclic) bond motifs is 2. The molecule has 2 aromatic heterocycles. The van der Waals surface area contributed by atoms with E-state index in [1.54, 1.807) is 12.4 Å². The van der Waals surface area contributed by atoms with Crippen LogP contribution < -0.4 is 9.47 Å². The Labute approximate surface area is 200 Å². The molecule has 2 N–H and O–H groups in total. The number of hydrogen-bond acceptors (Lipinski definition) is 4. The molecule has 0 saturated carbocycles. The van der Waals surface area contributed by atoms with Gasteiger partial charge in [-0.15, -0.1) is 0 Å². The third-order valence-corrected chi connectivity index (χ3v) is 6.03. The number of aromatic amines is 1. The molecule has 0 aliphatic rings. The third kappa shape index (κ3) is 4.28. The fourth-order valence-corrected chi connectivity index (χ4v) is 4.46. The highest BCUT2D eigenvalue weighted by molar-refractivity contribution is 6.33. The number of aryl methyl sites for hydroxylation is 1. The molecular weight excluding hydrogens is 452 g/mol. The molecule has 0 bridgehead atoms. The number of aromatic nitrogens is 2. The van der Waals surface area contributed by atoms with E-state index in [1.165, 1.54) is 0 Å². The highest BCUT2D eigenvalue weighted by Gasteiger charge is 2.19. The molecule has 0 aliphatic carbocycles. The number of pyridine rings is 1. The van der Waals surface area contributed by atoms with E-state index in [4.69, 9.17) is 21.1 Å². The maximum absolute atomic E-state index is 11.3. The predicted molar refractivity (Wildman–Crippen MR) is 133 cm³/mol. The van der Waals surface area contributed by atoms with E-state index in [0.29, 0.717) is 24.5 Å². The molecule has 5 aromatic rings. The molecule has 2 heterocycles. The topological polar surface area (TPSA) is 84.4 Å². The Morgan fingerprint density at radius 3 is 2.62 bits per heavy atom. The van der Waals surface area contributed by atoms with Gasteiger partial charge in [0.25, 0.3) is 0 Å². The van der Waals surface area contributed by atoms with E-state index in [1.807, 2.05) is 54.6 Å². The van der Waals surface area contributed by atoms with E-state index in [9.17, 15) is 9.90 Å². The van der Waals surface area contributed by atoms with Crippen molar-refractivity contribution in [1.82, 2.24) is 9.97 Å². The Kier molecular flexibility index (Phi) is 6.06. The number of benzene rings is 3. The van der Waals surface area contributed by atoms with E-state index in [-0.39, 0.29) is 5.88 Å². The molecule has 170 valence electrons. The van der Waals surface area contributed by atoms with E-state index in [0.717, 1.165) is 44.1 Å². The lowest BCUT2D eigenvalue weighted by molar-refractivity contribution is 0.142. The predicted octanol–water partition coefficient (Wildman–Crippen LogP) is 7.10. The number of para-hydroxylation sites is 1. The summed E-state index contributed by atoms with van der Waals surface area (Å²) in [6.45, 7) is 0.475. The number of carboxylic acid groups (broad SMARTS) is 1. The molecule has 0 fully saturated rings. The quantitative estimate of drug-likeness (QED) is 0.195. The average Bonchev–Trinajstić information content (AvgIpc) is 3.18. The number of ether oxygens (including phenoxy) is 2. The molecule has 34 heavy (non-hydrogen) atoms. The first-order chi connectivity index (χ1) is 16.6. The van der Waals surface area contributed by atoms with Crippen LogP contribution in [0.25, 0.3) is 32.8 Å². The summed E-state index contributed by atoms with van der Waals surface area (Å²) in [4.78, 5) is 18.5. The Morgan fingerprint density at radius 1 is 0.971 bits per heavy atom. The largest absolute Gasteiger partial charge is 0.512 e. The van der Waals surface area contributed by atoms with E-state index < -0.39 is 6.16 Å². The van der Waals surface area contributed by atoms with Gasteiger partial charge in [0.05, 0.1) is 17.1 Å². The number of hydrogen-bond donors (Lipinski definition) is 2. The van der Waals surface area contributed by atoms with Gasteiger partial charge >= 0.3 is 6.16 Å². The zero-order valence-corrected chi connectivity index (χ0v) is 18.9. The normalized spacial score (nSPS) is 11.1. The standard InChI is InChI=1S/C27H21ClN2O4/c28-23-16-29-14-13-19(23)20-9-4-10-21-22(26(30-25(20)21)34-27(31)32)11-5-15-33-24-12-3-7-17-6-1-2-8-18(17)24/h1-4,6-10,12-14,16,30H,5,11,15H2,(H,31,32). The summed E-state index contributed by atoms with van der Waals surface area (Å²) in [6, 6.07) is 21.7. The van der Waals surface area contributed by atoms with Crippen molar-refractivity contribution in [2.24, 2.45) is 0 Å². The Balaban J connectivity index is 1.42. The second-order valence-corrected chi connectivity index (χ2v) is 8.22. The van der Waals surface area contributed by atoms with Gasteiger partial charge in [-0.05, 0) is 30.4 Å². The van der Waals surface area contributed by atoms with Gasteiger partial charge < -0.3 is 19.6 Å². The Morgan fingerprint density at radius 2 is 1.76 bits per heavy atom. The highest BCUT2D eigenvalue weighted by atomic mass is 35.5. The lowest BCUT2D eigenvalue weighted by Crippen LogP contribution is -2.06. The minimum Gasteiger partial charge on any atom is -0.493 e. The van der Waals surface area contributed by atoms with Gasteiger partial charge in [-0.1, -0.05) is 66.2 Å². The van der Waals surface area contributed by atoms with Crippen LogP contribution in [0.2, 0.25) is 5.02 Å². The van der Waals surface area contributed by atoms with Crippen molar-refractivity contribution in [3.63, 3.8) is 0 Å². The van der Waals surface area contributed by atoms with Gasteiger partial charge in [-0.3, -0.25) is 4.98 Å². The number of nitrogens with zero attached hydrogens (tertiary/aromatic N) is 1. The zero-order valence-electron chi connectivity index (χ0n) is 18.1. The molecule has 0 atom stereocenters. The highest BCUT2D eigenvalue weighted by Crippen LogP contribution is 2.38. The second-order valence-electron chi connectivity index (χ2n) is 7.81. The summed E-state index contributed by atoms with van der Waals surface area (Å²) in [5, 5.41) is 12.8. The molecule has 0 radical (unpaired) electrons. The molecule has 0 spiro atoms. The van der Waals surface area contributed by atoms with Crippen molar-refractivity contribution in [3.05, 3.63) is 89.7 Å². The summed E-state index contributed by atoms with van der Waals surface area (Å²) in [6.07, 6.45) is 3.12. The molecule has 7 heteroatoms.